The zero-order chi connectivity index (χ0) is 10.6. The minimum absolute atomic E-state index is 0.115. The molecule has 1 unspecified atom stereocenters. The van der Waals surface area contributed by atoms with E-state index in [2.05, 4.69) is 15.5 Å². The molecule has 1 heterocycles. The van der Waals surface area contributed by atoms with Crippen LogP contribution in [0.2, 0.25) is 0 Å². The van der Waals surface area contributed by atoms with Crippen molar-refractivity contribution in [2.24, 2.45) is 5.92 Å². The Labute approximate surface area is 86.8 Å². The molecule has 5 nitrogen and oxygen atoms in total. The first kappa shape index (κ1) is 11.0. The van der Waals surface area contributed by atoms with Crippen LogP contribution in [-0.4, -0.2) is 21.9 Å². The molecular weight excluding hydrogens is 206 g/mol. The number of hydrogen-bond donors (Lipinski definition) is 1. The smallest absolute Gasteiger partial charge is 0.246 e. The molecule has 1 aromatic heterocycles. The number of nitrogens with one attached hydrogen (secondary N) is 1. The Hall–Kier alpha value is -1.10. The molecule has 1 atom stereocenters. The van der Waals surface area contributed by atoms with Crippen molar-refractivity contribution in [2.75, 3.05) is 5.88 Å². The topological polar surface area (TPSA) is 68.0 Å². The fourth-order valence-corrected chi connectivity index (χ4v) is 0.959. The van der Waals surface area contributed by atoms with Gasteiger partial charge >= 0.3 is 0 Å². The van der Waals surface area contributed by atoms with Crippen LogP contribution in [0.3, 0.4) is 0 Å². The van der Waals surface area contributed by atoms with Crippen molar-refractivity contribution in [1.82, 2.24) is 15.5 Å². The predicted octanol–water partition coefficient (Wildman–Crippen LogP) is 0.869. The minimum Gasteiger partial charge on any atom is -0.347 e. The van der Waals surface area contributed by atoms with Gasteiger partial charge in [-0.1, -0.05) is 12.1 Å². The summed E-state index contributed by atoms with van der Waals surface area (Å²) in [5.41, 5.74) is 0. The van der Waals surface area contributed by atoms with Crippen LogP contribution in [-0.2, 0) is 11.3 Å². The lowest BCUT2D eigenvalue weighted by molar-refractivity contribution is -0.124. The van der Waals surface area contributed by atoms with E-state index in [0.717, 1.165) is 0 Å². The molecule has 78 valence electrons. The molecule has 0 saturated heterocycles. The van der Waals surface area contributed by atoms with Crippen molar-refractivity contribution >= 4 is 17.5 Å². The van der Waals surface area contributed by atoms with Gasteiger partial charge in [0.1, 0.15) is 0 Å². The summed E-state index contributed by atoms with van der Waals surface area (Å²) >= 11 is 5.52. The number of amides is 1. The fraction of sp³-hybridized carbons (Fsp3) is 0.625. The second-order valence-electron chi connectivity index (χ2n) is 3.01. The van der Waals surface area contributed by atoms with Crippen LogP contribution in [0.4, 0.5) is 0 Å². The van der Waals surface area contributed by atoms with Crippen molar-refractivity contribution in [3.63, 3.8) is 0 Å². The number of carbonyl (C=O) groups is 1. The number of rotatable bonds is 4. The summed E-state index contributed by atoms with van der Waals surface area (Å²) in [4.78, 5) is 15.2. The molecule has 0 fully saturated rings. The van der Waals surface area contributed by atoms with Gasteiger partial charge in [-0.25, -0.2) is 0 Å². The Morgan fingerprint density at radius 1 is 1.71 bits per heavy atom. The molecule has 1 rings (SSSR count). The van der Waals surface area contributed by atoms with Crippen LogP contribution in [0.25, 0.3) is 0 Å². The number of nitrogens with zero attached hydrogens (tertiary/aromatic N) is 2. The van der Waals surface area contributed by atoms with Gasteiger partial charge in [0.15, 0.2) is 5.82 Å². The minimum atomic E-state index is -0.208. The normalized spacial score (nSPS) is 12.5. The van der Waals surface area contributed by atoms with Crippen molar-refractivity contribution < 1.29 is 9.32 Å². The number of aromatic nitrogens is 2. The van der Waals surface area contributed by atoms with E-state index >= 15 is 0 Å². The number of hydrogen-bond acceptors (Lipinski definition) is 4. The summed E-state index contributed by atoms with van der Waals surface area (Å²) < 4.78 is 4.82. The molecule has 0 saturated carbocycles. The van der Waals surface area contributed by atoms with Gasteiger partial charge in [0.2, 0.25) is 11.8 Å². The Balaban J connectivity index is 2.37. The highest BCUT2D eigenvalue weighted by Crippen LogP contribution is 1.99. The second kappa shape index (κ2) is 4.95. The third-order valence-electron chi connectivity index (χ3n) is 1.66. The van der Waals surface area contributed by atoms with Crippen LogP contribution >= 0.6 is 11.6 Å². The van der Waals surface area contributed by atoms with Crippen LogP contribution in [0.5, 0.6) is 0 Å². The van der Waals surface area contributed by atoms with Gasteiger partial charge in [0.05, 0.1) is 6.54 Å². The molecule has 0 bridgehead atoms. The molecule has 1 amide bonds. The number of halogens is 1. The predicted molar refractivity (Wildman–Crippen MR) is 50.8 cm³/mol. The quantitative estimate of drug-likeness (QED) is 0.760. The van der Waals surface area contributed by atoms with Crippen molar-refractivity contribution in [1.29, 1.82) is 0 Å². The van der Waals surface area contributed by atoms with Crippen LogP contribution in [0.1, 0.15) is 18.6 Å². The van der Waals surface area contributed by atoms with Crippen LogP contribution < -0.4 is 5.32 Å². The lowest BCUT2D eigenvalue weighted by Crippen LogP contribution is -2.29. The van der Waals surface area contributed by atoms with Gasteiger partial charge in [0, 0.05) is 11.8 Å². The average Bonchev–Trinajstić information content (AvgIpc) is 2.59. The van der Waals surface area contributed by atoms with E-state index in [1.807, 2.05) is 0 Å². The standard InChI is InChI=1S/C8H12ClN3O2/c1-5(3-9)8(13)10-4-7-11-6(2)12-14-7/h5H,3-4H2,1-2H3,(H,10,13). The zero-order valence-electron chi connectivity index (χ0n) is 8.08. The van der Waals surface area contributed by atoms with Gasteiger partial charge in [-0.15, -0.1) is 11.6 Å². The first-order valence-corrected chi connectivity index (χ1v) is 4.79. The number of alkyl halides is 1. The maximum Gasteiger partial charge on any atom is 0.246 e. The molecule has 1 aromatic rings. The zero-order valence-corrected chi connectivity index (χ0v) is 8.84. The Kier molecular flexibility index (Phi) is 3.88. The highest BCUT2D eigenvalue weighted by molar-refractivity contribution is 6.19. The molecule has 0 radical (unpaired) electrons. The summed E-state index contributed by atoms with van der Waals surface area (Å²) in [6.45, 7) is 3.72. The first-order chi connectivity index (χ1) is 6.63. The molecule has 0 aliphatic rings. The summed E-state index contributed by atoms with van der Waals surface area (Å²) in [5.74, 6) is 0.933. The van der Waals surface area contributed by atoms with E-state index in [9.17, 15) is 4.79 Å². The summed E-state index contributed by atoms with van der Waals surface area (Å²) in [5, 5.41) is 6.24. The average molecular weight is 218 g/mol. The van der Waals surface area contributed by atoms with Gasteiger partial charge in [0.25, 0.3) is 0 Å². The van der Waals surface area contributed by atoms with Crippen LogP contribution in [0, 0.1) is 12.8 Å². The fourth-order valence-electron chi connectivity index (χ4n) is 0.819. The van der Waals surface area contributed by atoms with E-state index in [1.54, 1.807) is 13.8 Å². The monoisotopic (exact) mass is 217 g/mol. The Morgan fingerprint density at radius 3 is 2.93 bits per heavy atom. The van der Waals surface area contributed by atoms with E-state index in [1.165, 1.54) is 0 Å². The Bertz CT molecular complexity index is 313. The number of carbonyl (C=O) groups excluding carboxylic acids is 1. The van der Waals surface area contributed by atoms with Gasteiger partial charge in [-0.3, -0.25) is 4.79 Å². The third-order valence-corrected chi connectivity index (χ3v) is 2.13. The largest absolute Gasteiger partial charge is 0.347 e. The summed E-state index contributed by atoms with van der Waals surface area (Å²) in [6, 6.07) is 0. The highest BCUT2D eigenvalue weighted by Gasteiger charge is 2.12. The van der Waals surface area contributed by atoms with E-state index in [0.29, 0.717) is 17.6 Å². The van der Waals surface area contributed by atoms with E-state index in [4.69, 9.17) is 16.1 Å². The van der Waals surface area contributed by atoms with Gasteiger partial charge < -0.3 is 9.84 Å². The Morgan fingerprint density at radius 2 is 2.43 bits per heavy atom. The van der Waals surface area contributed by atoms with Crippen LogP contribution in [0.15, 0.2) is 4.52 Å². The van der Waals surface area contributed by atoms with Crippen molar-refractivity contribution in [3.05, 3.63) is 11.7 Å². The molecule has 0 spiro atoms. The summed E-state index contributed by atoms with van der Waals surface area (Å²) in [7, 11) is 0. The molecule has 0 aliphatic carbocycles. The molecule has 1 N–H and O–H groups in total. The third kappa shape index (κ3) is 2.99. The molecule has 6 heteroatoms. The van der Waals surface area contributed by atoms with E-state index in [-0.39, 0.29) is 18.4 Å². The first-order valence-electron chi connectivity index (χ1n) is 4.26. The van der Waals surface area contributed by atoms with Gasteiger partial charge in [-0.2, -0.15) is 4.98 Å². The van der Waals surface area contributed by atoms with Gasteiger partial charge in [-0.05, 0) is 6.92 Å². The molecule has 14 heavy (non-hydrogen) atoms. The lowest BCUT2D eigenvalue weighted by Gasteiger charge is -2.06. The molecule has 0 aliphatic heterocycles. The maximum atomic E-state index is 11.3. The van der Waals surface area contributed by atoms with E-state index < -0.39 is 0 Å². The molecule has 0 aromatic carbocycles. The summed E-state index contributed by atoms with van der Waals surface area (Å²) in [6.07, 6.45) is 0. The number of aryl methyl sites for hydroxylation is 1. The van der Waals surface area contributed by atoms with Crippen molar-refractivity contribution in [2.45, 2.75) is 20.4 Å². The molecular formula is C8H12ClN3O2. The second-order valence-corrected chi connectivity index (χ2v) is 3.32. The lowest BCUT2D eigenvalue weighted by atomic mass is 10.2. The highest BCUT2D eigenvalue weighted by atomic mass is 35.5. The SMILES string of the molecule is Cc1noc(CNC(=O)C(C)CCl)n1. The maximum absolute atomic E-state index is 11.3. The van der Waals surface area contributed by atoms with Crippen molar-refractivity contribution in [3.8, 4) is 0 Å².